The van der Waals surface area contributed by atoms with Crippen molar-refractivity contribution in [1.29, 1.82) is 0 Å². The fourth-order valence-electron chi connectivity index (χ4n) is 2.98. The first-order chi connectivity index (χ1) is 11.6. The van der Waals surface area contributed by atoms with Gasteiger partial charge in [0.15, 0.2) is 0 Å². The number of anilines is 2. The van der Waals surface area contributed by atoms with Crippen molar-refractivity contribution in [3.05, 3.63) is 52.6 Å². The number of pyridine rings is 1. The van der Waals surface area contributed by atoms with Crippen molar-refractivity contribution in [2.75, 3.05) is 24.1 Å². The SMILES string of the molecule is Cl.Cl.Nc1cccc(CN2CCC(C(=O)Nc3ccc(Br)cn3)CC2)c1. The number of hydrogen-bond acceptors (Lipinski definition) is 4. The molecule has 0 radical (unpaired) electrons. The lowest BCUT2D eigenvalue weighted by atomic mass is 9.95. The van der Waals surface area contributed by atoms with Crippen LogP contribution >= 0.6 is 40.7 Å². The topological polar surface area (TPSA) is 71.2 Å². The Bertz CT molecular complexity index is 707. The molecule has 0 spiro atoms. The van der Waals surface area contributed by atoms with E-state index in [-0.39, 0.29) is 36.6 Å². The van der Waals surface area contributed by atoms with E-state index < -0.39 is 0 Å². The van der Waals surface area contributed by atoms with Gasteiger partial charge in [-0.2, -0.15) is 0 Å². The number of carbonyl (C=O) groups excluding carboxylic acids is 1. The van der Waals surface area contributed by atoms with E-state index in [2.05, 4.69) is 37.2 Å². The number of halogens is 3. The van der Waals surface area contributed by atoms with Gasteiger partial charge in [0.05, 0.1) is 0 Å². The highest BCUT2D eigenvalue weighted by molar-refractivity contribution is 9.10. The van der Waals surface area contributed by atoms with Gasteiger partial charge in [0, 0.05) is 28.8 Å². The fraction of sp³-hybridized carbons (Fsp3) is 0.333. The van der Waals surface area contributed by atoms with Crippen LogP contribution in [0, 0.1) is 5.92 Å². The highest BCUT2D eigenvalue weighted by Gasteiger charge is 2.25. The zero-order chi connectivity index (χ0) is 16.9. The first kappa shape index (κ1) is 22.7. The van der Waals surface area contributed by atoms with Crippen molar-refractivity contribution in [1.82, 2.24) is 9.88 Å². The Hall–Kier alpha value is -1.34. The van der Waals surface area contributed by atoms with Crippen LogP contribution < -0.4 is 11.1 Å². The van der Waals surface area contributed by atoms with Crippen molar-refractivity contribution in [3.63, 3.8) is 0 Å². The molecule has 0 unspecified atom stereocenters. The highest BCUT2D eigenvalue weighted by Crippen LogP contribution is 2.21. The van der Waals surface area contributed by atoms with Crippen LogP contribution in [-0.2, 0) is 11.3 Å². The lowest BCUT2D eigenvalue weighted by molar-refractivity contribution is -0.121. The van der Waals surface area contributed by atoms with Gasteiger partial charge in [-0.3, -0.25) is 9.69 Å². The number of nitrogen functional groups attached to an aromatic ring is 1. The van der Waals surface area contributed by atoms with Crippen LogP contribution in [0.15, 0.2) is 47.1 Å². The third kappa shape index (κ3) is 6.43. The zero-order valence-electron chi connectivity index (χ0n) is 14.2. The molecule has 2 aromatic rings. The summed E-state index contributed by atoms with van der Waals surface area (Å²) in [4.78, 5) is 18.9. The molecule has 1 aromatic heterocycles. The Morgan fingerprint density at radius 3 is 2.58 bits per heavy atom. The maximum absolute atomic E-state index is 12.4. The van der Waals surface area contributed by atoms with E-state index in [1.165, 1.54) is 5.56 Å². The molecule has 1 aliphatic rings. The number of nitrogens with one attached hydrogen (secondary N) is 1. The average Bonchev–Trinajstić information content (AvgIpc) is 2.57. The molecule has 3 N–H and O–H groups in total. The molecule has 0 aliphatic carbocycles. The van der Waals surface area contributed by atoms with E-state index in [1.807, 2.05) is 24.3 Å². The number of carbonyl (C=O) groups is 1. The van der Waals surface area contributed by atoms with E-state index in [4.69, 9.17) is 5.73 Å². The third-order valence-electron chi connectivity index (χ3n) is 4.29. The molecule has 1 aliphatic heterocycles. The third-order valence-corrected chi connectivity index (χ3v) is 4.76. The Morgan fingerprint density at radius 2 is 1.96 bits per heavy atom. The van der Waals surface area contributed by atoms with Crippen LogP contribution in [-0.4, -0.2) is 28.9 Å². The van der Waals surface area contributed by atoms with Gasteiger partial charge in [-0.15, -0.1) is 24.8 Å². The van der Waals surface area contributed by atoms with Gasteiger partial charge in [-0.25, -0.2) is 4.98 Å². The molecular weight excluding hydrogens is 439 g/mol. The molecule has 5 nitrogen and oxygen atoms in total. The standard InChI is InChI=1S/C18H21BrN4O.2ClH/c19-15-4-5-17(21-11-15)22-18(24)14-6-8-23(9-7-14)12-13-2-1-3-16(20)10-13;;/h1-5,10-11,14H,6-9,12,20H2,(H,21,22,24);2*1H. The number of amides is 1. The number of nitrogens with two attached hydrogens (primary N) is 1. The van der Waals surface area contributed by atoms with Crippen LogP contribution in [0.2, 0.25) is 0 Å². The van der Waals surface area contributed by atoms with Crippen LogP contribution in [0.5, 0.6) is 0 Å². The molecule has 1 aromatic carbocycles. The van der Waals surface area contributed by atoms with Crippen molar-refractivity contribution in [3.8, 4) is 0 Å². The lowest BCUT2D eigenvalue weighted by Gasteiger charge is -2.31. The summed E-state index contributed by atoms with van der Waals surface area (Å²) in [5.74, 6) is 0.714. The Balaban J connectivity index is 0.00000169. The second kappa shape index (κ2) is 10.7. The maximum Gasteiger partial charge on any atom is 0.228 e. The van der Waals surface area contributed by atoms with Crippen LogP contribution in [0.25, 0.3) is 0 Å². The summed E-state index contributed by atoms with van der Waals surface area (Å²) in [6.07, 6.45) is 3.42. The molecule has 26 heavy (non-hydrogen) atoms. The first-order valence-corrected chi connectivity index (χ1v) is 8.88. The molecule has 3 rings (SSSR count). The molecule has 142 valence electrons. The number of benzene rings is 1. The average molecular weight is 462 g/mol. The Kier molecular flexibility index (Phi) is 9.36. The maximum atomic E-state index is 12.4. The van der Waals surface area contributed by atoms with Gasteiger partial charge in [0.2, 0.25) is 5.91 Å². The van der Waals surface area contributed by atoms with Gasteiger partial charge < -0.3 is 11.1 Å². The summed E-state index contributed by atoms with van der Waals surface area (Å²) in [5, 5.41) is 2.90. The summed E-state index contributed by atoms with van der Waals surface area (Å²) in [6.45, 7) is 2.72. The quantitative estimate of drug-likeness (QED) is 0.671. The summed E-state index contributed by atoms with van der Waals surface area (Å²) in [5.41, 5.74) is 7.84. The molecule has 2 heterocycles. The molecule has 0 saturated carbocycles. The van der Waals surface area contributed by atoms with Gasteiger partial charge in [-0.05, 0) is 71.7 Å². The number of nitrogens with zero attached hydrogens (tertiary/aromatic N) is 2. The Labute approximate surface area is 174 Å². The number of aromatic nitrogens is 1. The molecule has 1 amide bonds. The molecule has 0 atom stereocenters. The van der Waals surface area contributed by atoms with Gasteiger partial charge >= 0.3 is 0 Å². The molecule has 1 saturated heterocycles. The summed E-state index contributed by atoms with van der Waals surface area (Å²) < 4.78 is 0.898. The number of hydrogen-bond donors (Lipinski definition) is 2. The molecule has 1 fully saturated rings. The highest BCUT2D eigenvalue weighted by atomic mass is 79.9. The number of rotatable bonds is 4. The van der Waals surface area contributed by atoms with E-state index in [0.29, 0.717) is 5.82 Å². The number of likely N-dealkylation sites (tertiary alicyclic amines) is 1. The first-order valence-electron chi connectivity index (χ1n) is 8.09. The molecule has 8 heteroatoms. The minimum Gasteiger partial charge on any atom is -0.399 e. The fourth-order valence-corrected chi connectivity index (χ4v) is 3.22. The molecule has 0 bridgehead atoms. The largest absolute Gasteiger partial charge is 0.399 e. The van der Waals surface area contributed by atoms with E-state index in [9.17, 15) is 4.79 Å². The minimum absolute atomic E-state index is 0. The van der Waals surface area contributed by atoms with Crippen LogP contribution in [0.4, 0.5) is 11.5 Å². The number of piperidine rings is 1. The summed E-state index contributed by atoms with van der Waals surface area (Å²) in [6, 6.07) is 11.7. The van der Waals surface area contributed by atoms with Gasteiger partial charge in [0.1, 0.15) is 5.82 Å². The van der Waals surface area contributed by atoms with Crippen LogP contribution in [0.3, 0.4) is 0 Å². The minimum atomic E-state index is 0. The second-order valence-electron chi connectivity index (χ2n) is 6.15. The van der Waals surface area contributed by atoms with Crippen molar-refractivity contribution in [2.24, 2.45) is 5.92 Å². The van der Waals surface area contributed by atoms with E-state index in [0.717, 1.165) is 42.6 Å². The lowest BCUT2D eigenvalue weighted by Crippen LogP contribution is -2.37. The normalized spacial score (nSPS) is 14.8. The monoisotopic (exact) mass is 460 g/mol. The van der Waals surface area contributed by atoms with Crippen molar-refractivity contribution in [2.45, 2.75) is 19.4 Å². The predicted molar refractivity (Wildman–Crippen MR) is 114 cm³/mol. The van der Waals surface area contributed by atoms with E-state index in [1.54, 1.807) is 12.3 Å². The van der Waals surface area contributed by atoms with Crippen LogP contribution in [0.1, 0.15) is 18.4 Å². The summed E-state index contributed by atoms with van der Waals surface area (Å²) in [7, 11) is 0. The van der Waals surface area contributed by atoms with Crippen molar-refractivity contribution >= 4 is 58.2 Å². The molecular formula is C18H23BrCl2N4O. The van der Waals surface area contributed by atoms with Gasteiger partial charge in [-0.1, -0.05) is 12.1 Å². The zero-order valence-corrected chi connectivity index (χ0v) is 17.4. The smallest absolute Gasteiger partial charge is 0.228 e. The predicted octanol–water partition coefficient (Wildman–Crippen LogP) is 4.12. The second-order valence-corrected chi connectivity index (χ2v) is 7.06. The van der Waals surface area contributed by atoms with Gasteiger partial charge in [0.25, 0.3) is 0 Å². The van der Waals surface area contributed by atoms with Crippen molar-refractivity contribution < 1.29 is 4.79 Å². The Morgan fingerprint density at radius 1 is 1.23 bits per heavy atom. The van der Waals surface area contributed by atoms with E-state index >= 15 is 0 Å². The summed E-state index contributed by atoms with van der Waals surface area (Å²) >= 11 is 3.34.